The van der Waals surface area contributed by atoms with E-state index in [1.807, 2.05) is 12.1 Å². The smallest absolute Gasteiger partial charge is 0.127 e. The minimum absolute atomic E-state index is 0.363. The van der Waals surface area contributed by atoms with E-state index >= 15 is 0 Å². The maximum Gasteiger partial charge on any atom is 0.127 e. The molecule has 0 unspecified atom stereocenters. The molecule has 1 aliphatic heterocycles. The van der Waals surface area contributed by atoms with Crippen LogP contribution in [0.4, 0.5) is 14.5 Å². The molecule has 0 aliphatic carbocycles. The maximum atomic E-state index is 13.7. The van der Waals surface area contributed by atoms with Crippen LogP contribution in [0.1, 0.15) is 16.7 Å². The fourth-order valence-corrected chi connectivity index (χ4v) is 2.70. The second kappa shape index (κ2) is 5.21. The summed E-state index contributed by atoms with van der Waals surface area (Å²) in [5.41, 5.74) is 9.51. The molecule has 3 rings (SSSR count). The van der Waals surface area contributed by atoms with Crippen molar-refractivity contribution >= 4 is 5.69 Å². The minimum atomic E-state index is -0.404. The van der Waals surface area contributed by atoms with E-state index in [2.05, 4.69) is 11.0 Å². The molecule has 0 bridgehead atoms. The highest BCUT2D eigenvalue weighted by atomic mass is 19.1. The van der Waals surface area contributed by atoms with E-state index < -0.39 is 5.82 Å². The van der Waals surface area contributed by atoms with Crippen LogP contribution in [0, 0.1) is 11.6 Å². The van der Waals surface area contributed by atoms with Crippen molar-refractivity contribution in [2.24, 2.45) is 0 Å². The molecule has 4 heteroatoms. The van der Waals surface area contributed by atoms with Gasteiger partial charge in [0.05, 0.1) is 0 Å². The van der Waals surface area contributed by atoms with Crippen molar-refractivity contribution in [2.45, 2.75) is 19.5 Å². The van der Waals surface area contributed by atoms with Crippen molar-refractivity contribution in [3.63, 3.8) is 0 Å². The zero-order valence-corrected chi connectivity index (χ0v) is 11.1. The van der Waals surface area contributed by atoms with Gasteiger partial charge in [0, 0.05) is 30.9 Å². The zero-order valence-electron chi connectivity index (χ0n) is 11.1. The van der Waals surface area contributed by atoms with Crippen molar-refractivity contribution in [3.8, 4) is 0 Å². The Bertz CT molecular complexity index is 640. The highest BCUT2D eigenvalue weighted by molar-refractivity contribution is 5.51. The molecule has 2 nitrogen and oxygen atoms in total. The number of nitrogens with two attached hydrogens (primary N) is 1. The molecule has 0 atom stereocenters. The standard InChI is InChI=1S/C16H16F2N2/c17-13-4-5-15(18)12(8-13)9-20-7-6-11-2-1-3-16(19)14(11)10-20/h1-5,8H,6-7,9-10,19H2. The highest BCUT2D eigenvalue weighted by Gasteiger charge is 2.19. The van der Waals surface area contributed by atoms with Crippen LogP contribution in [0.5, 0.6) is 0 Å². The summed E-state index contributed by atoms with van der Waals surface area (Å²) in [5.74, 6) is -0.767. The molecule has 1 heterocycles. The van der Waals surface area contributed by atoms with Gasteiger partial charge in [0.1, 0.15) is 11.6 Å². The van der Waals surface area contributed by atoms with Gasteiger partial charge in [-0.15, -0.1) is 0 Å². The summed E-state index contributed by atoms with van der Waals surface area (Å²) in [6.45, 7) is 1.90. The van der Waals surface area contributed by atoms with Crippen LogP contribution in [0.3, 0.4) is 0 Å². The first-order chi connectivity index (χ1) is 9.63. The zero-order chi connectivity index (χ0) is 14.1. The number of rotatable bonds is 2. The largest absolute Gasteiger partial charge is 0.398 e. The molecule has 0 radical (unpaired) electrons. The number of hydrogen-bond donors (Lipinski definition) is 1. The van der Waals surface area contributed by atoms with Crippen LogP contribution < -0.4 is 5.73 Å². The molecule has 20 heavy (non-hydrogen) atoms. The number of halogens is 2. The van der Waals surface area contributed by atoms with Gasteiger partial charge in [0.15, 0.2) is 0 Å². The van der Waals surface area contributed by atoms with Gasteiger partial charge in [-0.25, -0.2) is 8.78 Å². The summed E-state index contributed by atoms with van der Waals surface area (Å²) in [6, 6.07) is 9.49. The first-order valence-corrected chi connectivity index (χ1v) is 6.66. The Kier molecular flexibility index (Phi) is 3.40. The molecule has 0 saturated heterocycles. The van der Waals surface area contributed by atoms with Crippen molar-refractivity contribution in [1.29, 1.82) is 0 Å². The normalized spacial score (nSPS) is 15.1. The van der Waals surface area contributed by atoms with Gasteiger partial charge >= 0.3 is 0 Å². The quantitative estimate of drug-likeness (QED) is 0.853. The topological polar surface area (TPSA) is 29.3 Å². The summed E-state index contributed by atoms with van der Waals surface area (Å²) < 4.78 is 26.9. The number of benzene rings is 2. The fourth-order valence-electron chi connectivity index (χ4n) is 2.70. The molecule has 0 saturated carbocycles. The first kappa shape index (κ1) is 13.1. The molecule has 104 valence electrons. The average Bonchev–Trinajstić information content (AvgIpc) is 2.44. The number of hydrogen-bond acceptors (Lipinski definition) is 2. The van der Waals surface area contributed by atoms with Gasteiger partial charge in [0.25, 0.3) is 0 Å². The number of fused-ring (bicyclic) bond motifs is 1. The Morgan fingerprint density at radius 3 is 2.85 bits per heavy atom. The summed E-state index contributed by atoms with van der Waals surface area (Å²) in [5, 5.41) is 0. The van der Waals surface area contributed by atoms with Crippen LogP contribution >= 0.6 is 0 Å². The predicted octanol–water partition coefficient (Wildman–Crippen LogP) is 3.11. The summed E-state index contributed by atoms with van der Waals surface area (Å²) in [7, 11) is 0. The molecular weight excluding hydrogens is 258 g/mol. The van der Waals surface area contributed by atoms with Gasteiger partial charge in [-0.2, -0.15) is 0 Å². The number of anilines is 1. The van der Waals surface area contributed by atoms with E-state index in [0.717, 1.165) is 30.3 Å². The second-order valence-corrected chi connectivity index (χ2v) is 5.18. The maximum absolute atomic E-state index is 13.7. The van der Waals surface area contributed by atoms with Crippen LogP contribution in [-0.4, -0.2) is 11.4 Å². The summed E-state index contributed by atoms with van der Waals surface area (Å²) >= 11 is 0. The Hall–Kier alpha value is -1.94. The molecule has 2 N–H and O–H groups in total. The fraction of sp³-hybridized carbons (Fsp3) is 0.250. The summed E-state index contributed by atoms with van der Waals surface area (Å²) in [6.07, 6.45) is 0.886. The molecule has 0 aromatic heterocycles. The Morgan fingerprint density at radius 1 is 1.15 bits per heavy atom. The van der Waals surface area contributed by atoms with E-state index in [4.69, 9.17) is 5.73 Å². The lowest BCUT2D eigenvalue weighted by molar-refractivity contribution is 0.242. The SMILES string of the molecule is Nc1cccc2c1CN(Cc1cc(F)ccc1F)CC2. The molecule has 0 spiro atoms. The van der Waals surface area contributed by atoms with E-state index in [1.54, 1.807) is 0 Å². The lowest BCUT2D eigenvalue weighted by atomic mass is 9.98. The number of nitrogen functional groups attached to an aromatic ring is 1. The van der Waals surface area contributed by atoms with E-state index in [1.165, 1.54) is 17.7 Å². The van der Waals surface area contributed by atoms with Crippen LogP contribution in [0.25, 0.3) is 0 Å². The predicted molar refractivity (Wildman–Crippen MR) is 75.0 cm³/mol. The van der Waals surface area contributed by atoms with Gasteiger partial charge in [-0.3, -0.25) is 4.90 Å². The van der Waals surface area contributed by atoms with E-state index in [9.17, 15) is 8.78 Å². The highest BCUT2D eigenvalue weighted by Crippen LogP contribution is 2.25. The van der Waals surface area contributed by atoms with Crippen LogP contribution in [-0.2, 0) is 19.5 Å². The third-order valence-corrected chi connectivity index (χ3v) is 3.79. The first-order valence-electron chi connectivity index (χ1n) is 6.66. The van der Waals surface area contributed by atoms with Crippen LogP contribution in [0.2, 0.25) is 0 Å². The molecule has 2 aromatic carbocycles. The molecule has 0 fully saturated rings. The lowest BCUT2D eigenvalue weighted by Crippen LogP contribution is -2.31. The molecular formula is C16H16F2N2. The van der Waals surface area contributed by atoms with Crippen molar-refractivity contribution < 1.29 is 8.78 Å². The average molecular weight is 274 g/mol. The van der Waals surface area contributed by atoms with Gasteiger partial charge in [-0.05, 0) is 41.8 Å². The Labute approximate surface area is 116 Å². The molecule has 1 aliphatic rings. The molecule has 2 aromatic rings. The minimum Gasteiger partial charge on any atom is -0.398 e. The van der Waals surface area contributed by atoms with Gasteiger partial charge in [0.2, 0.25) is 0 Å². The van der Waals surface area contributed by atoms with Crippen LogP contribution in [0.15, 0.2) is 36.4 Å². The monoisotopic (exact) mass is 274 g/mol. The van der Waals surface area contributed by atoms with Gasteiger partial charge in [-0.1, -0.05) is 12.1 Å². The van der Waals surface area contributed by atoms with E-state index in [0.29, 0.717) is 18.7 Å². The van der Waals surface area contributed by atoms with Crippen molar-refractivity contribution in [3.05, 3.63) is 64.7 Å². The second-order valence-electron chi connectivity index (χ2n) is 5.18. The summed E-state index contributed by atoms with van der Waals surface area (Å²) in [4.78, 5) is 2.09. The molecule has 0 amide bonds. The Morgan fingerprint density at radius 2 is 2.00 bits per heavy atom. The van der Waals surface area contributed by atoms with Crippen molar-refractivity contribution in [2.75, 3.05) is 12.3 Å². The lowest BCUT2D eigenvalue weighted by Gasteiger charge is -2.29. The third kappa shape index (κ3) is 2.51. The van der Waals surface area contributed by atoms with Crippen molar-refractivity contribution in [1.82, 2.24) is 4.90 Å². The van der Waals surface area contributed by atoms with E-state index in [-0.39, 0.29) is 5.82 Å². The number of nitrogens with zero attached hydrogens (tertiary/aromatic N) is 1. The Balaban J connectivity index is 1.81. The third-order valence-electron chi connectivity index (χ3n) is 3.79. The van der Waals surface area contributed by atoms with Gasteiger partial charge < -0.3 is 5.73 Å².